The number of benzene rings is 2. The van der Waals surface area contributed by atoms with Gasteiger partial charge in [0.05, 0.1) is 12.6 Å². The van der Waals surface area contributed by atoms with Gasteiger partial charge in [0.1, 0.15) is 18.2 Å². The highest BCUT2D eigenvalue weighted by molar-refractivity contribution is 5.85. The SMILES string of the molecule is COC[C@@]1(C(=O)O)CCC(c2ccc(OCc3ccccc3F)cc2)N1C(=O)O. The molecule has 1 unspecified atom stereocenters. The summed E-state index contributed by atoms with van der Waals surface area (Å²) in [5.74, 6) is -1.08. The van der Waals surface area contributed by atoms with Crippen molar-refractivity contribution in [1.82, 2.24) is 4.90 Å². The molecule has 1 aliphatic heterocycles. The first-order chi connectivity index (χ1) is 13.9. The lowest BCUT2D eigenvalue weighted by molar-refractivity contribution is -0.152. The van der Waals surface area contributed by atoms with Crippen molar-refractivity contribution >= 4 is 12.1 Å². The Bertz CT molecular complexity index is 887. The highest BCUT2D eigenvalue weighted by Gasteiger charge is 2.55. The lowest BCUT2D eigenvalue weighted by atomic mass is 9.98. The number of rotatable bonds is 7. The highest BCUT2D eigenvalue weighted by Crippen LogP contribution is 2.43. The van der Waals surface area contributed by atoms with Gasteiger partial charge in [-0.2, -0.15) is 0 Å². The van der Waals surface area contributed by atoms with Crippen LogP contribution in [-0.2, 0) is 16.1 Å². The van der Waals surface area contributed by atoms with Gasteiger partial charge in [-0.15, -0.1) is 0 Å². The maximum Gasteiger partial charge on any atom is 0.408 e. The van der Waals surface area contributed by atoms with E-state index in [1.165, 1.54) is 13.2 Å². The topological polar surface area (TPSA) is 96.3 Å². The first kappa shape index (κ1) is 20.6. The Labute approximate surface area is 167 Å². The zero-order valence-corrected chi connectivity index (χ0v) is 15.9. The average Bonchev–Trinajstić information content (AvgIpc) is 3.09. The van der Waals surface area contributed by atoms with Crippen molar-refractivity contribution in [2.24, 2.45) is 0 Å². The minimum atomic E-state index is -1.62. The summed E-state index contributed by atoms with van der Waals surface area (Å²) < 4.78 is 24.3. The smallest absolute Gasteiger partial charge is 0.408 e. The van der Waals surface area contributed by atoms with Gasteiger partial charge in [-0.05, 0) is 36.6 Å². The molecule has 1 fully saturated rings. The van der Waals surface area contributed by atoms with Crippen molar-refractivity contribution in [3.63, 3.8) is 0 Å². The van der Waals surface area contributed by atoms with Crippen molar-refractivity contribution in [3.05, 3.63) is 65.5 Å². The van der Waals surface area contributed by atoms with Gasteiger partial charge in [-0.25, -0.2) is 14.0 Å². The van der Waals surface area contributed by atoms with E-state index in [9.17, 15) is 24.2 Å². The molecule has 0 bridgehead atoms. The fourth-order valence-electron chi connectivity index (χ4n) is 3.77. The number of halogens is 1. The second kappa shape index (κ2) is 8.48. The summed E-state index contributed by atoms with van der Waals surface area (Å²) in [7, 11) is 1.35. The molecule has 8 heteroatoms. The summed E-state index contributed by atoms with van der Waals surface area (Å²) in [5.41, 5.74) is -0.536. The Balaban J connectivity index is 1.77. The molecule has 2 N–H and O–H groups in total. The van der Waals surface area contributed by atoms with Crippen LogP contribution in [0, 0.1) is 5.82 Å². The van der Waals surface area contributed by atoms with Gasteiger partial charge in [0, 0.05) is 12.7 Å². The molecule has 3 rings (SSSR count). The maximum absolute atomic E-state index is 13.7. The first-order valence-electron chi connectivity index (χ1n) is 9.10. The number of carboxylic acid groups (broad SMARTS) is 2. The molecule has 1 aliphatic rings. The minimum Gasteiger partial charge on any atom is -0.489 e. The van der Waals surface area contributed by atoms with E-state index in [1.807, 2.05) is 0 Å². The summed E-state index contributed by atoms with van der Waals surface area (Å²) in [6.07, 6.45) is -0.803. The van der Waals surface area contributed by atoms with E-state index in [4.69, 9.17) is 9.47 Å². The Kier molecular flexibility index (Phi) is 6.03. The van der Waals surface area contributed by atoms with Gasteiger partial charge in [0.15, 0.2) is 5.54 Å². The largest absolute Gasteiger partial charge is 0.489 e. The van der Waals surface area contributed by atoms with Crippen LogP contribution in [0.5, 0.6) is 5.75 Å². The molecule has 0 radical (unpaired) electrons. The summed E-state index contributed by atoms with van der Waals surface area (Å²) in [6, 6.07) is 12.4. The Morgan fingerprint density at radius 1 is 1.17 bits per heavy atom. The van der Waals surface area contributed by atoms with Crippen LogP contribution < -0.4 is 4.74 Å². The van der Waals surface area contributed by atoms with Crippen LogP contribution in [0.1, 0.15) is 30.0 Å². The fraction of sp³-hybridized carbons (Fsp3) is 0.333. The summed E-state index contributed by atoms with van der Waals surface area (Å²) >= 11 is 0. The van der Waals surface area contributed by atoms with Gasteiger partial charge in [-0.3, -0.25) is 4.90 Å². The molecule has 0 spiro atoms. The molecular formula is C21H22FNO6. The monoisotopic (exact) mass is 403 g/mol. The van der Waals surface area contributed by atoms with Crippen LogP contribution in [0.2, 0.25) is 0 Å². The molecule has 0 aliphatic carbocycles. The minimum absolute atomic E-state index is 0.0622. The van der Waals surface area contributed by atoms with E-state index in [1.54, 1.807) is 42.5 Å². The van der Waals surface area contributed by atoms with Crippen LogP contribution in [-0.4, -0.2) is 46.4 Å². The zero-order valence-electron chi connectivity index (χ0n) is 15.9. The number of ether oxygens (including phenoxy) is 2. The van der Waals surface area contributed by atoms with Crippen molar-refractivity contribution in [3.8, 4) is 5.75 Å². The predicted octanol–water partition coefficient (Wildman–Crippen LogP) is 3.69. The third-order valence-electron chi connectivity index (χ3n) is 5.21. The number of likely N-dealkylation sites (tertiary alicyclic amines) is 1. The van der Waals surface area contributed by atoms with E-state index in [0.29, 0.717) is 23.3 Å². The fourth-order valence-corrected chi connectivity index (χ4v) is 3.77. The number of methoxy groups -OCH3 is 1. The predicted molar refractivity (Wildman–Crippen MR) is 101 cm³/mol. The normalized spacial score (nSPS) is 21.2. The van der Waals surface area contributed by atoms with Gasteiger partial charge >= 0.3 is 12.1 Å². The third kappa shape index (κ3) is 4.02. The molecule has 2 aromatic rings. The number of amides is 1. The number of nitrogens with zero attached hydrogens (tertiary/aromatic N) is 1. The summed E-state index contributed by atoms with van der Waals surface area (Å²) in [6.45, 7) is -0.165. The lowest BCUT2D eigenvalue weighted by Gasteiger charge is -2.35. The number of hydrogen-bond donors (Lipinski definition) is 2. The standard InChI is InChI=1S/C21H22FNO6/c1-28-13-21(19(24)25)11-10-18(23(21)20(26)27)14-6-8-16(9-7-14)29-12-15-4-2-3-5-17(15)22/h2-9,18H,10-13H2,1H3,(H,24,25)(H,26,27)/t18?,21-/m1/s1. The van der Waals surface area contributed by atoms with Crippen LogP contribution in [0.15, 0.2) is 48.5 Å². The molecule has 2 atom stereocenters. The molecule has 29 heavy (non-hydrogen) atoms. The quantitative estimate of drug-likeness (QED) is 0.732. The van der Waals surface area contributed by atoms with E-state index in [2.05, 4.69) is 0 Å². The molecular weight excluding hydrogens is 381 g/mol. The zero-order chi connectivity index (χ0) is 21.0. The number of hydrogen-bond acceptors (Lipinski definition) is 4. The molecule has 154 valence electrons. The van der Waals surface area contributed by atoms with Crippen LogP contribution >= 0.6 is 0 Å². The lowest BCUT2D eigenvalue weighted by Crippen LogP contribution is -2.56. The summed E-state index contributed by atoms with van der Waals surface area (Å²) in [4.78, 5) is 24.7. The van der Waals surface area contributed by atoms with Crippen molar-refractivity contribution in [2.45, 2.75) is 31.0 Å². The number of carboxylic acids is 1. The molecule has 1 saturated heterocycles. The molecule has 1 amide bonds. The Hall–Kier alpha value is -3.13. The molecule has 2 aromatic carbocycles. The Morgan fingerprint density at radius 2 is 1.86 bits per heavy atom. The van der Waals surface area contributed by atoms with Crippen LogP contribution in [0.25, 0.3) is 0 Å². The third-order valence-corrected chi connectivity index (χ3v) is 5.21. The van der Waals surface area contributed by atoms with E-state index < -0.39 is 23.6 Å². The molecule has 1 heterocycles. The van der Waals surface area contributed by atoms with Gasteiger partial charge in [0.2, 0.25) is 0 Å². The number of aliphatic carboxylic acids is 1. The summed E-state index contributed by atoms with van der Waals surface area (Å²) in [5, 5.41) is 19.4. The second-order valence-electron chi connectivity index (χ2n) is 6.93. The van der Waals surface area contributed by atoms with Gasteiger partial charge < -0.3 is 19.7 Å². The second-order valence-corrected chi connectivity index (χ2v) is 6.93. The molecule has 0 aromatic heterocycles. The van der Waals surface area contributed by atoms with Gasteiger partial charge in [0.25, 0.3) is 0 Å². The van der Waals surface area contributed by atoms with Gasteiger partial charge in [-0.1, -0.05) is 30.3 Å². The first-order valence-corrected chi connectivity index (χ1v) is 9.10. The van der Waals surface area contributed by atoms with E-state index in [-0.39, 0.29) is 25.5 Å². The van der Waals surface area contributed by atoms with Crippen LogP contribution in [0.4, 0.5) is 9.18 Å². The molecule has 7 nitrogen and oxygen atoms in total. The molecule has 0 saturated carbocycles. The van der Waals surface area contributed by atoms with Crippen molar-refractivity contribution in [1.29, 1.82) is 0 Å². The number of carbonyl (C=O) groups is 2. The average molecular weight is 403 g/mol. The van der Waals surface area contributed by atoms with E-state index in [0.717, 1.165) is 4.90 Å². The van der Waals surface area contributed by atoms with Crippen molar-refractivity contribution < 1.29 is 33.7 Å². The Morgan fingerprint density at radius 3 is 2.45 bits per heavy atom. The highest BCUT2D eigenvalue weighted by atomic mass is 19.1. The maximum atomic E-state index is 13.7. The van der Waals surface area contributed by atoms with Crippen LogP contribution in [0.3, 0.4) is 0 Å². The van der Waals surface area contributed by atoms with Crippen molar-refractivity contribution in [2.75, 3.05) is 13.7 Å². The van der Waals surface area contributed by atoms with E-state index >= 15 is 0 Å².